The number of rotatable bonds is 3. The predicted octanol–water partition coefficient (Wildman–Crippen LogP) is 1.69. The standard InChI is InChI=1S/C16H22N2O2/c1-16(2,13-8-4-3-5-9-13)15(20)18-10-6-7-12(11-18)14(17)19/h3-5,8-9,12H,6-7,10-11H2,1-2H3,(H2,17,19). The van der Waals surface area contributed by atoms with E-state index in [4.69, 9.17) is 5.73 Å². The minimum atomic E-state index is -0.583. The van der Waals surface area contributed by atoms with Crippen molar-refractivity contribution in [1.29, 1.82) is 0 Å². The molecule has 1 aliphatic heterocycles. The van der Waals surface area contributed by atoms with Crippen molar-refractivity contribution < 1.29 is 9.59 Å². The van der Waals surface area contributed by atoms with E-state index in [1.165, 1.54) is 0 Å². The van der Waals surface area contributed by atoms with Crippen LogP contribution in [0, 0.1) is 5.92 Å². The van der Waals surface area contributed by atoms with Crippen LogP contribution in [-0.2, 0) is 15.0 Å². The van der Waals surface area contributed by atoms with Crippen molar-refractivity contribution in [3.8, 4) is 0 Å². The van der Waals surface area contributed by atoms with Crippen molar-refractivity contribution in [3.05, 3.63) is 35.9 Å². The van der Waals surface area contributed by atoms with Crippen molar-refractivity contribution in [1.82, 2.24) is 4.90 Å². The van der Waals surface area contributed by atoms with Crippen LogP contribution in [-0.4, -0.2) is 29.8 Å². The lowest BCUT2D eigenvalue weighted by molar-refractivity contribution is -0.139. The van der Waals surface area contributed by atoms with Crippen LogP contribution in [0.4, 0.5) is 0 Å². The maximum Gasteiger partial charge on any atom is 0.232 e. The molecule has 0 aliphatic carbocycles. The summed E-state index contributed by atoms with van der Waals surface area (Å²) in [5.74, 6) is -0.450. The Morgan fingerprint density at radius 3 is 2.50 bits per heavy atom. The Hall–Kier alpha value is -1.84. The summed E-state index contributed by atoms with van der Waals surface area (Å²) in [6, 6.07) is 9.74. The first-order chi connectivity index (χ1) is 9.43. The molecule has 1 aliphatic rings. The molecule has 1 atom stereocenters. The lowest BCUT2D eigenvalue weighted by Crippen LogP contribution is -2.50. The highest BCUT2D eigenvalue weighted by molar-refractivity contribution is 5.88. The maximum absolute atomic E-state index is 12.8. The Labute approximate surface area is 119 Å². The van der Waals surface area contributed by atoms with Gasteiger partial charge in [0.1, 0.15) is 0 Å². The summed E-state index contributed by atoms with van der Waals surface area (Å²) >= 11 is 0. The first kappa shape index (κ1) is 14.6. The molecule has 1 heterocycles. The molecule has 20 heavy (non-hydrogen) atoms. The summed E-state index contributed by atoms with van der Waals surface area (Å²) in [7, 11) is 0. The molecule has 0 aromatic heterocycles. The van der Waals surface area contributed by atoms with E-state index in [-0.39, 0.29) is 17.7 Å². The molecule has 4 nitrogen and oxygen atoms in total. The van der Waals surface area contributed by atoms with Crippen LogP contribution in [0.25, 0.3) is 0 Å². The molecule has 1 aromatic carbocycles. The largest absolute Gasteiger partial charge is 0.369 e. The summed E-state index contributed by atoms with van der Waals surface area (Å²) < 4.78 is 0. The third kappa shape index (κ3) is 2.84. The molecular formula is C16H22N2O2. The zero-order chi connectivity index (χ0) is 14.8. The average Bonchev–Trinajstić information content (AvgIpc) is 2.47. The molecule has 2 amide bonds. The van der Waals surface area contributed by atoms with E-state index in [2.05, 4.69) is 0 Å². The van der Waals surface area contributed by atoms with Gasteiger partial charge in [0, 0.05) is 13.1 Å². The molecule has 2 N–H and O–H groups in total. The molecule has 0 radical (unpaired) electrons. The van der Waals surface area contributed by atoms with Crippen LogP contribution in [0.15, 0.2) is 30.3 Å². The van der Waals surface area contributed by atoms with E-state index in [0.717, 1.165) is 18.4 Å². The highest BCUT2D eigenvalue weighted by Gasteiger charge is 2.36. The van der Waals surface area contributed by atoms with E-state index in [1.807, 2.05) is 44.2 Å². The van der Waals surface area contributed by atoms with E-state index in [1.54, 1.807) is 4.90 Å². The quantitative estimate of drug-likeness (QED) is 0.911. The fourth-order valence-corrected chi connectivity index (χ4v) is 2.77. The van der Waals surface area contributed by atoms with Crippen molar-refractivity contribution in [2.75, 3.05) is 13.1 Å². The minimum Gasteiger partial charge on any atom is -0.369 e. The maximum atomic E-state index is 12.8. The number of likely N-dealkylation sites (tertiary alicyclic amines) is 1. The molecule has 0 spiro atoms. The zero-order valence-electron chi connectivity index (χ0n) is 12.1. The van der Waals surface area contributed by atoms with Gasteiger partial charge in [-0.15, -0.1) is 0 Å². The Morgan fingerprint density at radius 2 is 1.90 bits per heavy atom. The van der Waals surface area contributed by atoms with Crippen LogP contribution in [0.3, 0.4) is 0 Å². The first-order valence-electron chi connectivity index (χ1n) is 7.07. The van der Waals surface area contributed by atoms with Crippen LogP contribution in [0.2, 0.25) is 0 Å². The first-order valence-corrected chi connectivity index (χ1v) is 7.07. The summed E-state index contributed by atoms with van der Waals surface area (Å²) in [5, 5.41) is 0. The Morgan fingerprint density at radius 1 is 1.25 bits per heavy atom. The highest BCUT2D eigenvalue weighted by Crippen LogP contribution is 2.28. The number of nitrogens with two attached hydrogens (primary N) is 1. The van der Waals surface area contributed by atoms with Gasteiger partial charge in [0.15, 0.2) is 0 Å². The number of carbonyl (C=O) groups excluding carboxylic acids is 2. The monoisotopic (exact) mass is 274 g/mol. The van der Waals surface area contributed by atoms with Crippen LogP contribution in [0.1, 0.15) is 32.3 Å². The van der Waals surface area contributed by atoms with Crippen molar-refractivity contribution in [2.45, 2.75) is 32.1 Å². The predicted molar refractivity (Wildman–Crippen MR) is 78.0 cm³/mol. The van der Waals surface area contributed by atoms with Crippen LogP contribution < -0.4 is 5.73 Å². The molecule has 108 valence electrons. The average molecular weight is 274 g/mol. The van der Waals surface area contributed by atoms with Crippen molar-refractivity contribution in [2.24, 2.45) is 11.7 Å². The normalized spacial score (nSPS) is 19.7. The zero-order valence-corrected chi connectivity index (χ0v) is 12.1. The van der Waals surface area contributed by atoms with Gasteiger partial charge < -0.3 is 10.6 Å². The molecule has 0 saturated carbocycles. The second-order valence-electron chi connectivity index (χ2n) is 5.98. The fourth-order valence-electron chi connectivity index (χ4n) is 2.77. The van der Waals surface area contributed by atoms with Gasteiger partial charge in [-0.1, -0.05) is 30.3 Å². The lowest BCUT2D eigenvalue weighted by atomic mass is 9.82. The second kappa shape index (κ2) is 5.65. The van der Waals surface area contributed by atoms with Gasteiger partial charge in [0.05, 0.1) is 11.3 Å². The molecular weight excluding hydrogens is 252 g/mol. The van der Waals surface area contributed by atoms with Gasteiger partial charge >= 0.3 is 0 Å². The second-order valence-corrected chi connectivity index (χ2v) is 5.98. The van der Waals surface area contributed by atoms with Gasteiger partial charge in [0.25, 0.3) is 0 Å². The lowest BCUT2D eigenvalue weighted by Gasteiger charge is -2.37. The van der Waals surface area contributed by atoms with Crippen LogP contribution in [0.5, 0.6) is 0 Å². The molecule has 1 aromatic rings. The summed E-state index contributed by atoms with van der Waals surface area (Å²) in [6.45, 7) is 5.01. The Bertz CT molecular complexity index is 496. The highest BCUT2D eigenvalue weighted by atomic mass is 16.2. The molecule has 1 fully saturated rings. The number of carbonyl (C=O) groups is 2. The number of hydrogen-bond acceptors (Lipinski definition) is 2. The third-order valence-electron chi connectivity index (χ3n) is 4.14. The van der Waals surface area contributed by atoms with E-state index < -0.39 is 5.41 Å². The number of hydrogen-bond donors (Lipinski definition) is 1. The number of primary amides is 1. The van der Waals surface area contributed by atoms with Gasteiger partial charge in [-0.25, -0.2) is 0 Å². The SMILES string of the molecule is CC(C)(C(=O)N1CCCC(C(N)=O)C1)c1ccccc1. The van der Waals surface area contributed by atoms with Crippen LogP contribution >= 0.6 is 0 Å². The minimum absolute atomic E-state index is 0.0645. The summed E-state index contributed by atoms with van der Waals surface area (Å²) in [6.07, 6.45) is 1.62. The van der Waals surface area contributed by atoms with Gasteiger partial charge in [0.2, 0.25) is 11.8 Å². The molecule has 0 bridgehead atoms. The number of benzene rings is 1. The molecule has 4 heteroatoms. The Kier molecular flexibility index (Phi) is 4.12. The summed E-state index contributed by atoms with van der Waals surface area (Å²) in [5.41, 5.74) is 5.78. The van der Waals surface area contributed by atoms with E-state index >= 15 is 0 Å². The number of amides is 2. The van der Waals surface area contributed by atoms with Crippen molar-refractivity contribution in [3.63, 3.8) is 0 Å². The summed E-state index contributed by atoms with van der Waals surface area (Å²) in [4.78, 5) is 25.9. The van der Waals surface area contributed by atoms with Gasteiger partial charge in [-0.05, 0) is 32.3 Å². The third-order valence-corrected chi connectivity index (χ3v) is 4.14. The fraction of sp³-hybridized carbons (Fsp3) is 0.500. The topological polar surface area (TPSA) is 63.4 Å². The van der Waals surface area contributed by atoms with E-state index in [9.17, 15) is 9.59 Å². The Balaban J connectivity index is 2.16. The van der Waals surface area contributed by atoms with Crippen molar-refractivity contribution >= 4 is 11.8 Å². The molecule has 1 saturated heterocycles. The van der Waals surface area contributed by atoms with E-state index in [0.29, 0.717) is 13.1 Å². The smallest absolute Gasteiger partial charge is 0.232 e. The number of piperidine rings is 1. The molecule has 1 unspecified atom stereocenters. The number of nitrogens with zero attached hydrogens (tertiary/aromatic N) is 1. The molecule has 2 rings (SSSR count). The van der Waals surface area contributed by atoms with Gasteiger partial charge in [-0.3, -0.25) is 9.59 Å². The van der Waals surface area contributed by atoms with Gasteiger partial charge in [-0.2, -0.15) is 0 Å².